The predicted molar refractivity (Wildman–Crippen MR) is 99.8 cm³/mol. The highest BCUT2D eigenvalue weighted by atomic mass is 32.1. The third-order valence-corrected chi connectivity index (χ3v) is 5.71. The molecule has 1 aromatic carbocycles. The van der Waals surface area contributed by atoms with E-state index in [9.17, 15) is 4.79 Å². The number of anilines is 1. The van der Waals surface area contributed by atoms with Gasteiger partial charge in [-0.3, -0.25) is 4.79 Å². The number of aromatic nitrogens is 2. The average Bonchev–Trinajstić information content (AvgIpc) is 2.99. The highest BCUT2D eigenvalue weighted by molar-refractivity contribution is 7.20. The Hall–Kier alpha value is -2.47. The fourth-order valence-corrected chi connectivity index (χ4v) is 4.44. The standard InChI is InChI=1S/C19H19N3O2S/c1-3-24-17-15-12(2)16(25-18(15)21-11-20-17)19(23)22-10-6-8-13-7-4-5-9-14(13)22/h4-5,7,9,11H,3,6,8,10H2,1-2H3. The van der Waals surface area contributed by atoms with E-state index in [0.29, 0.717) is 17.4 Å². The van der Waals surface area contributed by atoms with Gasteiger partial charge in [0.25, 0.3) is 5.91 Å². The van der Waals surface area contributed by atoms with Crippen LogP contribution in [0, 0.1) is 6.92 Å². The third kappa shape index (κ3) is 2.66. The van der Waals surface area contributed by atoms with E-state index in [0.717, 1.165) is 40.9 Å². The normalized spacial score (nSPS) is 13.8. The lowest BCUT2D eigenvalue weighted by Crippen LogP contribution is -2.35. The molecule has 5 nitrogen and oxygen atoms in total. The van der Waals surface area contributed by atoms with Crippen LogP contribution in [-0.2, 0) is 6.42 Å². The number of nitrogens with zero attached hydrogens (tertiary/aromatic N) is 3. The summed E-state index contributed by atoms with van der Waals surface area (Å²) in [6, 6.07) is 8.15. The summed E-state index contributed by atoms with van der Waals surface area (Å²) < 4.78 is 5.63. The molecule has 0 bridgehead atoms. The molecular formula is C19H19N3O2S. The summed E-state index contributed by atoms with van der Waals surface area (Å²) in [5.41, 5.74) is 3.15. The van der Waals surface area contributed by atoms with Crippen LogP contribution in [0.15, 0.2) is 30.6 Å². The van der Waals surface area contributed by atoms with Gasteiger partial charge < -0.3 is 9.64 Å². The fraction of sp³-hybridized carbons (Fsp3) is 0.316. The molecular weight excluding hydrogens is 334 g/mol. The van der Waals surface area contributed by atoms with Crippen LogP contribution in [0.2, 0.25) is 0 Å². The summed E-state index contributed by atoms with van der Waals surface area (Å²) in [7, 11) is 0. The van der Waals surface area contributed by atoms with Crippen molar-refractivity contribution in [1.82, 2.24) is 9.97 Å². The number of rotatable bonds is 3. The molecule has 0 saturated carbocycles. The Kier molecular flexibility index (Phi) is 4.13. The van der Waals surface area contributed by atoms with Crippen LogP contribution in [0.3, 0.4) is 0 Å². The summed E-state index contributed by atoms with van der Waals surface area (Å²) in [6.45, 7) is 5.15. The highest BCUT2D eigenvalue weighted by Crippen LogP contribution is 2.37. The maximum atomic E-state index is 13.3. The molecule has 0 unspecified atom stereocenters. The molecule has 0 atom stereocenters. The van der Waals surface area contributed by atoms with E-state index in [4.69, 9.17) is 4.74 Å². The minimum atomic E-state index is 0.0371. The zero-order valence-corrected chi connectivity index (χ0v) is 15.1. The summed E-state index contributed by atoms with van der Waals surface area (Å²) >= 11 is 1.42. The van der Waals surface area contributed by atoms with Gasteiger partial charge in [0.2, 0.25) is 5.88 Å². The molecule has 0 saturated heterocycles. The van der Waals surface area contributed by atoms with Crippen LogP contribution < -0.4 is 9.64 Å². The van der Waals surface area contributed by atoms with Crippen molar-refractivity contribution < 1.29 is 9.53 Å². The number of ether oxygens (including phenoxy) is 1. The Morgan fingerprint density at radius 2 is 2.16 bits per heavy atom. The molecule has 1 aliphatic rings. The van der Waals surface area contributed by atoms with Gasteiger partial charge in [-0.25, -0.2) is 9.97 Å². The molecule has 25 heavy (non-hydrogen) atoms. The van der Waals surface area contributed by atoms with Crippen molar-refractivity contribution in [2.45, 2.75) is 26.7 Å². The summed E-state index contributed by atoms with van der Waals surface area (Å²) in [4.78, 5) is 25.2. The van der Waals surface area contributed by atoms with Crippen LogP contribution in [-0.4, -0.2) is 29.0 Å². The first-order valence-corrected chi connectivity index (χ1v) is 9.29. The van der Waals surface area contributed by atoms with E-state index in [1.54, 1.807) is 0 Å². The van der Waals surface area contributed by atoms with E-state index >= 15 is 0 Å². The van der Waals surface area contributed by atoms with E-state index in [2.05, 4.69) is 16.0 Å². The molecule has 0 spiro atoms. The second-order valence-electron chi connectivity index (χ2n) is 6.04. The van der Waals surface area contributed by atoms with Crippen molar-refractivity contribution in [3.05, 3.63) is 46.6 Å². The summed E-state index contributed by atoms with van der Waals surface area (Å²) in [6.07, 6.45) is 3.50. The number of hydrogen-bond donors (Lipinski definition) is 0. The number of carbonyl (C=O) groups excluding carboxylic acids is 1. The third-order valence-electron chi connectivity index (χ3n) is 4.52. The summed E-state index contributed by atoms with van der Waals surface area (Å²) in [5, 5.41) is 0.850. The lowest BCUT2D eigenvalue weighted by atomic mass is 10.0. The Labute approximate surface area is 150 Å². The average molecular weight is 353 g/mol. The van der Waals surface area contributed by atoms with Gasteiger partial charge in [-0.2, -0.15) is 0 Å². The first kappa shape index (κ1) is 16.0. The van der Waals surface area contributed by atoms with Crippen LogP contribution in [0.5, 0.6) is 5.88 Å². The Bertz CT molecular complexity index is 951. The number of carbonyl (C=O) groups is 1. The first-order valence-electron chi connectivity index (χ1n) is 8.47. The van der Waals surface area contributed by atoms with Crippen LogP contribution in [0.4, 0.5) is 5.69 Å². The number of hydrogen-bond acceptors (Lipinski definition) is 5. The van der Waals surface area contributed by atoms with Crippen molar-refractivity contribution in [1.29, 1.82) is 0 Å². The molecule has 1 amide bonds. The van der Waals surface area contributed by atoms with E-state index in [1.807, 2.05) is 36.9 Å². The van der Waals surface area contributed by atoms with Gasteiger partial charge in [-0.1, -0.05) is 18.2 Å². The van der Waals surface area contributed by atoms with Gasteiger partial charge >= 0.3 is 0 Å². The van der Waals surface area contributed by atoms with Gasteiger partial charge in [0.1, 0.15) is 11.2 Å². The minimum Gasteiger partial charge on any atom is -0.477 e. The lowest BCUT2D eigenvalue weighted by Gasteiger charge is -2.29. The quantitative estimate of drug-likeness (QED) is 0.714. The first-order chi connectivity index (χ1) is 12.2. The van der Waals surface area contributed by atoms with Crippen LogP contribution in [0.1, 0.15) is 34.1 Å². The van der Waals surface area contributed by atoms with Gasteiger partial charge in [-0.05, 0) is 43.9 Å². The molecule has 2 aromatic heterocycles. The molecule has 1 aliphatic heterocycles. The Morgan fingerprint density at radius 3 is 3.00 bits per heavy atom. The molecule has 0 aliphatic carbocycles. The number of thiophene rings is 1. The molecule has 0 radical (unpaired) electrons. The molecule has 3 heterocycles. The molecule has 128 valence electrons. The number of aryl methyl sites for hydroxylation is 2. The smallest absolute Gasteiger partial charge is 0.268 e. The second kappa shape index (κ2) is 6.44. The van der Waals surface area contributed by atoms with Gasteiger partial charge in [0, 0.05) is 12.2 Å². The minimum absolute atomic E-state index is 0.0371. The number of benzene rings is 1. The zero-order chi connectivity index (χ0) is 17.4. The van der Waals surface area contributed by atoms with Gasteiger partial charge in [-0.15, -0.1) is 11.3 Å². The number of amides is 1. The molecule has 0 N–H and O–H groups in total. The van der Waals surface area contributed by atoms with Crippen LogP contribution in [0.25, 0.3) is 10.2 Å². The second-order valence-corrected chi connectivity index (χ2v) is 7.04. The molecule has 6 heteroatoms. The molecule has 3 aromatic rings. The van der Waals surface area contributed by atoms with Gasteiger partial charge in [0.15, 0.2) is 0 Å². The molecule has 0 fully saturated rings. The number of para-hydroxylation sites is 1. The van der Waals surface area contributed by atoms with Crippen molar-refractivity contribution in [3.63, 3.8) is 0 Å². The van der Waals surface area contributed by atoms with E-state index in [-0.39, 0.29) is 5.91 Å². The fourth-order valence-electron chi connectivity index (χ4n) is 3.36. The van der Waals surface area contributed by atoms with E-state index in [1.165, 1.54) is 23.2 Å². The largest absolute Gasteiger partial charge is 0.477 e. The number of fused-ring (bicyclic) bond motifs is 2. The molecule has 4 rings (SSSR count). The Balaban J connectivity index is 1.79. The lowest BCUT2D eigenvalue weighted by molar-refractivity contribution is 0.0988. The Morgan fingerprint density at radius 1 is 1.32 bits per heavy atom. The SMILES string of the molecule is CCOc1ncnc2sc(C(=O)N3CCCc4ccccc43)c(C)c12. The van der Waals surface area contributed by atoms with Crippen molar-refractivity contribution in [3.8, 4) is 5.88 Å². The van der Waals surface area contributed by atoms with Crippen molar-refractivity contribution in [2.24, 2.45) is 0 Å². The predicted octanol–water partition coefficient (Wildman–Crippen LogP) is 3.99. The zero-order valence-electron chi connectivity index (χ0n) is 14.3. The summed E-state index contributed by atoms with van der Waals surface area (Å²) in [5.74, 6) is 0.592. The topological polar surface area (TPSA) is 55.3 Å². The van der Waals surface area contributed by atoms with Crippen LogP contribution >= 0.6 is 11.3 Å². The van der Waals surface area contributed by atoms with Crippen molar-refractivity contribution >= 4 is 33.1 Å². The maximum absolute atomic E-state index is 13.3. The van der Waals surface area contributed by atoms with E-state index < -0.39 is 0 Å². The monoisotopic (exact) mass is 353 g/mol. The van der Waals surface area contributed by atoms with Crippen molar-refractivity contribution in [2.75, 3.05) is 18.1 Å². The van der Waals surface area contributed by atoms with Gasteiger partial charge in [0.05, 0.1) is 16.9 Å². The maximum Gasteiger partial charge on any atom is 0.268 e. The highest BCUT2D eigenvalue weighted by Gasteiger charge is 2.27.